The highest BCUT2D eigenvalue weighted by Gasteiger charge is 2.32. The minimum Gasteiger partial charge on any atom is -0.368 e. The maximum Gasteiger partial charge on any atom is 0.167 e. The molecule has 7 heteroatoms. The van der Waals surface area contributed by atoms with Gasteiger partial charge in [0.1, 0.15) is 6.10 Å². The van der Waals surface area contributed by atoms with Crippen LogP contribution in [0.15, 0.2) is 54.6 Å². The molecule has 0 amide bonds. The van der Waals surface area contributed by atoms with Crippen LogP contribution in [0.3, 0.4) is 0 Å². The zero-order chi connectivity index (χ0) is 32.4. The van der Waals surface area contributed by atoms with E-state index in [4.69, 9.17) is 4.74 Å². The maximum absolute atomic E-state index is 15.1. The van der Waals surface area contributed by atoms with Crippen LogP contribution >= 0.6 is 0 Å². The van der Waals surface area contributed by atoms with Crippen LogP contribution in [0.2, 0.25) is 0 Å². The van der Waals surface area contributed by atoms with Crippen molar-refractivity contribution in [2.24, 2.45) is 17.8 Å². The first-order valence-electron chi connectivity index (χ1n) is 16.6. The van der Waals surface area contributed by atoms with Crippen LogP contribution in [0.25, 0.3) is 16.7 Å². The molecule has 1 saturated carbocycles. The lowest BCUT2D eigenvalue weighted by molar-refractivity contribution is 0.189. The molecule has 0 N–H and O–H groups in total. The first-order valence-corrected chi connectivity index (χ1v) is 16.6. The van der Waals surface area contributed by atoms with Gasteiger partial charge in [-0.2, -0.15) is 0 Å². The molecular weight excluding hydrogens is 598 g/mol. The molecule has 6 rings (SSSR count). The van der Waals surface area contributed by atoms with E-state index >= 15 is 8.78 Å². The summed E-state index contributed by atoms with van der Waals surface area (Å²) in [6, 6.07) is 8.92. The van der Waals surface area contributed by atoms with Crippen molar-refractivity contribution in [2.75, 3.05) is 6.61 Å². The summed E-state index contributed by atoms with van der Waals surface area (Å²) in [4.78, 5) is 0. The summed E-state index contributed by atoms with van der Waals surface area (Å²) in [5.41, 5.74) is 1.41. The Morgan fingerprint density at radius 1 is 0.674 bits per heavy atom. The summed E-state index contributed by atoms with van der Waals surface area (Å²) in [6.07, 6.45) is 14.1. The van der Waals surface area contributed by atoms with Crippen LogP contribution in [0.4, 0.5) is 26.3 Å². The number of hydrogen-bond donors (Lipinski definition) is 0. The molecule has 0 radical (unpaired) electrons. The third-order valence-electron chi connectivity index (χ3n) is 10.4. The first kappa shape index (κ1) is 32.6. The fourth-order valence-corrected chi connectivity index (χ4v) is 7.51. The Labute approximate surface area is 267 Å². The summed E-state index contributed by atoms with van der Waals surface area (Å²) in [5, 5.41) is 0. The van der Waals surface area contributed by atoms with Crippen molar-refractivity contribution >= 4 is 5.57 Å². The van der Waals surface area contributed by atoms with E-state index in [1.807, 2.05) is 19.1 Å². The zero-order valence-corrected chi connectivity index (χ0v) is 26.2. The monoisotopic (exact) mass is 638 g/mol. The molecule has 0 spiro atoms. The normalized spacial score (nSPS) is 23.2. The van der Waals surface area contributed by atoms with Gasteiger partial charge in [0.05, 0.1) is 6.61 Å². The van der Waals surface area contributed by atoms with Gasteiger partial charge in [0.2, 0.25) is 0 Å². The van der Waals surface area contributed by atoms with E-state index in [-0.39, 0.29) is 28.4 Å². The van der Waals surface area contributed by atoms with E-state index in [0.717, 1.165) is 56.9 Å². The summed E-state index contributed by atoms with van der Waals surface area (Å²) in [5.74, 6) is -4.46. The Morgan fingerprint density at radius 2 is 1.28 bits per heavy atom. The topological polar surface area (TPSA) is 12.5 Å². The summed E-state index contributed by atoms with van der Waals surface area (Å²) < 4.78 is 94.3. The lowest BCUT2D eigenvalue weighted by atomic mass is 9.70. The average Bonchev–Trinajstić information content (AvgIpc) is 3.92. The SMILES string of the molecule is C/C=C/CCc1ccc(-c2ccc(CCC3CCC(C4CC=C(c5ccc(C6CO6)c(F)c5F)CC4)CC3)c(F)c2F)c(F)c1F. The summed E-state index contributed by atoms with van der Waals surface area (Å²) in [7, 11) is 0. The highest BCUT2D eigenvalue weighted by molar-refractivity contribution is 5.68. The molecule has 2 atom stereocenters. The van der Waals surface area contributed by atoms with Gasteiger partial charge in [0.15, 0.2) is 34.9 Å². The number of ether oxygens (including phenoxy) is 1. The van der Waals surface area contributed by atoms with Gasteiger partial charge in [0.25, 0.3) is 0 Å². The van der Waals surface area contributed by atoms with Crippen molar-refractivity contribution in [3.05, 3.63) is 112 Å². The fraction of sp³-hybridized carbons (Fsp3) is 0.436. The zero-order valence-electron chi connectivity index (χ0n) is 26.2. The van der Waals surface area contributed by atoms with Crippen molar-refractivity contribution in [1.82, 2.24) is 0 Å². The molecule has 244 valence electrons. The third kappa shape index (κ3) is 6.85. The second-order valence-corrected chi connectivity index (χ2v) is 13.1. The Morgan fingerprint density at radius 3 is 1.87 bits per heavy atom. The fourth-order valence-electron chi connectivity index (χ4n) is 7.51. The molecule has 1 saturated heterocycles. The minimum absolute atomic E-state index is 0.203. The van der Waals surface area contributed by atoms with Crippen LogP contribution in [0.1, 0.15) is 93.1 Å². The summed E-state index contributed by atoms with van der Waals surface area (Å²) >= 11 is 0. The first-order chi connectivity index (χ1) is 22.3. The van der Waals surface area contributed by atoms with Gasteiger partial charge in [-0.1, -0.05) is 67.5 Å². The Kier molecular flexibility index (Phi) is 10.1. The number of allylic oxidation sites excluding steroid dienone is 4. The van der Waals surface area contributed by atoms with Crippen LogP contribution in [-0.2, 0) is 17.6 Å². The predicted octanol–water partition coefficient (Wildman–Crippen LogP) is 11.4. The van der Waals surface area contributed by atoms with Gasteiger partial charge in [0, 0.05) is 22.3 Å². The van der Waals surface area contributed by atoms with Gasteiger partial charge in [-0.05, 0) is 99.2 Å². The van der Waals surface area contributed by atoms with Crippen molar-refractivity contribution in [1.29, 1.82) is 0 Å². The van der Waals surface area contributed by atoms with Crippen molar-refractivity contribution in [3.8, 4) is 11.1 Å². The van der Waals surface area contributed by atoms with Crippen molar-refractivity contribution < 1.29 is 31.1 Å². The molecule has 2 fully saturated rings. The van der Waals surface area contributed by atoms with Gasteiger partial charge in [-0.25, -0.2) is 26.3 Å². The standard InChI is InChI=1S/C39H40F6O/c1-2-3-4-5-27-16-18-30(37(43)34(27)40)31-19-17-28(35(41)38(31)44)11-8-23-6-9-24(10-7-23)25-12-14-26(15-13-25)29-20-21-32(33-22-46-33)39(45)36(29)42/h2-3,14,16-21,23-25,33H,4-13,15,22H2,1H3/b3-2+. The van der Waals surface area contributed by atoms with Gasteiger partial charge in [-0.15, -0.1) is 0 Å². The van der Waals surface area contributed by atoms with Crippen LogP contribution in [0.5, 0.6) is 0 Å². The average molecular weight is 639 g/mol. The minimum atomic E-state index is -1.16. The molecule has 3 aromatic carbocycles. The number of epoxide rings is 1. The second kappa shape index (κ2) is 14.2. The highest BCUT2D eigenvalue weighted by Crippen LogP contribution is 2.43. The number of aryl methyl sites for hydroxylation is 2. The molecule has 2 aliphatic carbocycles. The molecule has 0 aromatic heterocycles. The number of benzene rings is 3. The van der Waals surface area contributed by atoms with Crippen molar-refractivity contribution in [3.63, 3.8) is 0 Å². The Bertz CT molecular complexity index is 1630. The number of rotatable bonds is 10. The van der Waals surface area contributed by atoms with Crippen LogP contribution in [0, 0.1) is 52.7 Å². The second-order valence-electron chi connectivity index (χ2n) is 13.1. The largest absolute Gasteiger partial charge is 0.368 e. The predicted molar refractivity (Wildman–Crippen MR) is 169 cm³/mol. The summed E-state index contributed by atoms with van der Waals surface area (Å²) in [6.45, 7) is 2.28. The molecule has 2 unspecified atom stereocenters. The Hall–Kier alpha value is -3.32. The lowest BCUT2D eigenvalue weighted by Gasteiger charge is -2.35. The molecule has 0 bridgehead atoms. The van der Waals surface area contributed by atoms with E-state index in [0.29, 0.717) is 54.7 Å². The van der Waals surface area contributed by atoms with Gasteiger partial charge < -0.3 is 4.74 Å². The smallest absolute Gasteiger partial charge is 0.167 e. The molecular formula is C39H40F6O. The van der Waals surface area contributed by atoms with Gasteiger partial charge >= 0.3 is 0 Å². The van der Waals surface area contributed by atoms with E-state index in [2.05, 4.69) is 6.08 Å². The lowest BCUT2D eigenvalue weighted by Crippen LogP contribution is -2.23. The van der Waals surface area contributed by atoms with E-state index in [1.54, 1.807) is 12.1 Å². The van der Waals surface area contributed by atoms with Gasteiger partial charge in [-0.3, -0.25) is 0 Å². The van der Waals surface area contributed by atoms with E-state index < -0.39 is 34.9 Å². The maximum atomic E-state index is 15.1. The quantitative estimate of drug-likeness (QED) is 0.122. The molecule has 1 nitrogen and oxygen atoms in total. The highest BCUT2D eigenvalue weighted by atomic mass is 19.2. The molecule has 1 heterocycles. The number of hydrogen-bond acceptors (Lipinski definition) is 1. The van der Waals surface area contributed by atoms with Crippen LogP contribution in [-0.4, -0.2) is 6.61 Å². The molecule has 3 aromatic rings. The molecule has 3 aliphatic rings. The van der Waals surface area contributed by atoms with E-state index in [9.17, 15) is 17.6 Å². The van der Waals surface area contributed by atoms with E-state index in [1.165, 1.54) is 24.3 Å². The number of halogens is 6. The van der Waals surface area contributed by atoms with Crippen LogP contribution < -0.4 is 0 Å². The third-order valence-corrected chi connectivity index (χ3v) is 10.4. The van der Waals surface area contributed by atoms with Crippen molar-refractivity contribution in [2.45, 2.75) is 83.7 Å². The molecule has 1 aliphatic heterocycles. The molecule has 46 heavy (non-hydrogen) atoms. The Balaban J connectivity index is 1.01.